The van der Waals surface area contributed by atoms with Crippen LogP contribution in [0.4, 0.5) is 0 Å². The van der Waals surface area contributed by atoms with Gasteiger partial charge in [0.1, 0.15) is 0 Å². The van der Waals surface area contributed by atoms with Crippen molar-refractivity contribution in [1.82, 2.24) is 0 Å². The molecular weight excluding hydrogens is 400 g/mol. The van der Waals surface area contributed by atoms with Crippen LogP contribution < -0.4 is 0 Å². The summed E-state index contributed by atoms with van der Waals surface area (Å²) >= 11 is 0. The van der Waals surface area contributed by atoms with E-state index in [0.29, 0.717) is 12.8 Å². The van der Waals surface area contributed by atoms with E-state index in [2.05, 4.69) is 13.8 Å². The number of carboxylic acid groups (broad SMARTS) is 2. The average Bonchev–Trinajstić information content (AvgIpc) is 2.75. The van der Waals surface area contributed by atoms with Gasteiger partial charge in [-0.2, -0.15) is 0 Å². The minimum Gasteiger partial charge on any atom is -0.481 e. The summed E-state index contributed by atoms with van der Waals surface area (Å²) < 4.78 is 0. The zero-order valence-electron chi connectivity index (χ0n) is 21.5. The Bertz CT molecular complexity index is 423. The molecule has 0 saturated carbocycles. The van der Waals surface area contributed by atoms with Gasteiger partial charge in [-0.05, 0) is 12.8 Å². The minimum absolute atomic E-state index is 0.239. The van der Waals surface area contributed by atoms with Crippen molar-refractivity contribution in [2.45, 2.75) is 162 Å². The lowest BCUT2D eigenvalue weighted by Gasteiger charge is -2.28. The lowest BCUT2D eigenvalue weighted by Crippen LogP contribution is -2.33. The Morgan fingerprint density at radius 3 is 1.03 bits per heavy atom. The van der Waals surface area contributed by atoms with Crippen LogP contribution in [0.3, 0.4) is 0 Å². The first-order valence-electron chi connectivity index (χ1n) is 13.9. The molecular formula is C28H54O4. The Labute approximate surface area is 199 Å². The van der Waals surface area contributed by atoms with Crippen LogP contribution in [-0.2, 0) is 9.59 Å². The fraction of sp³-hybridized carbons (Fsp3) is 0.929. The summed E-state index contributed by atoms with van der Waals surface area (Å²) in [5.41, 5.74) is -1.08. The van der Waals surface area contributed by atoms with Crippen LogP contribution >= 0.6 is 0 Å². The van der Waals surface area contributed by atoms with E-state index in [9.17, 15) is 19.8 Å². The molecule has 0 spiro atoms. The first kappa shape index (κ1) is 30.9. The van der Waals surface area contributed by atoms with Gasteiger partial charge in [0.2, 0.25) is 0 Å². The van der Waals surface area contributed by atoms with E-state index in [1.165, 1.54) is 89.9 Å². The maximum absolute atomic E-state index is 12.1. The third-order valence-electron chi connectivity index (χ3n) is 6.96. The molecule has 2 N–H and O–H groups in total. The van der Waals surface area contributed by atoms with E-state index < -0.39 is 17.4 Å². The minimum atomic E-state index is -1.08. The molecule has 4 heteroatoms. The Morgan fingerprint density at radius 1 is 0.500 bits per heavy atom. The van der Waals surface area contributed by atoms with Crippen molar-refractivity contribution in [2.75, 3.05) is 0 Å². The molecule has 0 aliphatic rings. The summed E-state index contributed by atoms with van der Waals surface area (Å²) in [7, 11) is 0. The molecule has 0 rings (SSSR count). The molecule has 190 valence electrons. The predicted octanol–water partition coefficient (Wildman–Crippen LogP) is 9.15. The van der Waals surface area contributed by atoms with Gasteiger partial charge >= 0.3 is 11.9 Å². The number of carboxylic acids is 2. The molecule has 0 heterocycles. The van der Waals surface area contributed by atoms with Gasteiger partial charge in [0, 0.05) is 0 Å². The van der Waals surface area contributed by atoms with Crippen LogP contribution in [0.5, 0.6) is 0 Å². The summed E-state index contributed by atoms with van der Waals surface area (Å²) in [4.78, 5) is 23.5. The Hall–Kier alpha value is -1.06. The molecule has 0 aliphatic carbocycles. The molecule has 0 amide bonds. The highest BCUT2D eigenvalue weighted by Crippen LogP contribution is 2.36. The number of hydrogen-bond acceptors (Lipinski definition) is 2. The molecule has 0 radical (unpaired) electrons. The van der Waals surface area contributed by atoms with Crippen molar-refractivity contribution in [2.24, 2.45) is 5.41 Å². The van der Waals surface area contributed by atoms with Crippen molar-refractivity contribution in [3.63, 3.8) is 0 Å². The fourth-order valence-corrected chi connectivity index (χ4v) is 4.78. The topological polar surface area (TPSA) is 74.6 Å². The molecule has 0 unspecified atom stereocenters. The second-order valence-corrected chi connectivity index (χ2v) is 10.0. The molecule has 0 atom stereocenters. The summed E-state index contributed by atoms with van der Waals surface area (Å²) in [6, 6.07) is 0. The van der Waals surface area contributed by atoms with E-state index in [4.69, 9.17) is 0 Å². The molecule has 4 nitrogen and oxygen atoms in total. The number of unbranched alkanes of at least 4 members (excludes halogenated alkanes) is 18. The van der Waals surface area contributed by atoms with Gasteiger partial charge in [0.05, 0.1) is 11.8 Å². The van der Waals surface area contributed by atoms with Crippen LogP contribution in [0.1, 0.15) is 162 Å². The second-order valence-electron chi connectivity index (χ2n) is 10.0. The van der Waals surface area contributed by atoms with Crippen molar-refractivity contribution in [3.8, 4) is 0 Å². The summed E-state index contributed by atoms with van der Waals surface area (Å²) in [6.45, 7) is 4.47. The van der Waals surface area contributed by atoms with Crippen LogP contribution in [0.15, 0.2) is 0 Å². The maximum atomic E-state index is 12.1. The van der Waals surface area contributed by atoms with Gasteiger partial charge in [0.15, 0.2) is 0 Å². The molecule has 0 aromatic carbocycles. The Balaban J connectivity index is 4.13. The van der Waals surface area contributed by atoms with Gasteiger partial charge in [0.25, 0.3) is 0 Å². The number of carbonyl (C=O) groups is 2. The normalized spacial score (nSPS) is 11.7. The number of hydrogen-bond donors (Lipinski definition) is 2. The second kappa shape index (κ2) is 21.8. The highest BCUT2D eigenvalue weighted by Gasteiger charge is 2.39. The number of rotatable bonds is 25. The average molecular weight is 455 g/mol. The molecule has 0 aromatic rings. The van der Waals surface area contributed by atoms with E-state index >= 15 is 0 Å². The first-order chi connectivity index (χ1) is 15.5. The Kier molecular flexibility index (Phi) is 21.0. The predicted molar refractivity (Wildman–Crippen MR) is 135 cm³/mol. The van der Waals surface area contributed by atoms with Crippen molar-refractivity contribution in [3.05, 3.63) is 0 Å². The van der Waals surface area contributed by atoms with Gasteiger partial charge in [-0.1, -0.05) is 142 Å². The lowest BCUT2D eigenvalue weighted by atomic mass is 9.75. The van der Waals surface area contributed by atoms with E-state index in [1.54, 1.807) is 0 Å². The largest absolute Gasteiger partial charge is 0.481 e. The van der Waals surface area contributed by atoms with E-state index in [0.717, 1.165) is 38.5 Å². The van der Waals surface area contributed by atoms with Crippen LogP contribution in [0.2, 0.25) is 0 Å². The third kappa shape index (κ3) is 17.5. The molecule has 0 saturated heterocycles. The van der Waals surface area contributed by atoms with Crippen molar-refractivity contribution >= 4 is 11.9 Å². The third-order valence-corrected chi connectivity index (χ3v) is 6.96. The summed E-state index contributed by atoms with van der Waals surface area (Å²) in [5, 5.41) is 19.3. The fourth-order valence-electron chi connectivity index (χ4n) is 4.78. The van der Waals surface area contributed by atoms with E-state index in [1.807, 2.05) is 0 Å². The van der Waals surface area contributed by atoms with Crippen LogP contribution in [0, 0.1) is 5.41 Å². The maximum Gasteiger partial charge on any atom is 0.310 e. The summed E-state index contributed by atoms with van der Waals surface area (Å²) in [6.07, 6.45) is 24.8. The zero-order chi connectivity index (χ0) is 23.9. The smallest absolute Gasteiger partial charge is 0.310 e. The highest BCUT2D eigenvalue weighted by atomic mass is 16.4. The lowest BCUT2D eigenvalue weighted by molar-refractivity contribution is -0.157. The van der Waals surface area contributed by atoms with Crippen LogP contribution in [0.25, 0.3) is 0 Å². The molecule has 0 fully saturated rings. The SMILES string of the molecule is CCCCCCCCCCCCC(CCCCCCCCCCCC)(CC(=O)O)C(=O)O. The molecule has 0 bridgehead atoms. The Morgan fingerprint density at radius 2 is 0.781 bits per heavy atom. The summed E-state index contributed by atoms with van der Waals surface area (Å²) in [5.74, 6) is -1.89. The van der Waals surface area contributed by atoms with Crippen molar-refractivity contribution in [1.29, 1.82) is 0 Å². The quantitative estimate of drug-likeness (QED) is 0.135. The first-order valence-corrected chi connectivity index (χ1v) is 13.9. The van der Waals surface area contributed by atoms with Gasteiger partial charge in [-0.15, -0.1) is 0 Å². The van der Waals surface area contributed by atoms with Crippen molar-refractivity contribution < 1.29 is 19.8 Å². The molecule has 0 aromatic heterocycles. The standard InChI is InChI=1S/C28H54O4/c1-3-5-7-9-11-13-15-17-19-21-23-28(27(31)32,25-26(29)30)24-22-20-18-16-14-12-10-8-6-4-2/h3-25H2,1-2H3,(H,29,30)(H,31,32). The van der Waals surface area contributed by atoms with Gasteiger partial charge in [-0.3, -0.25) is 9.59 Å². The number of aliphatic carboxylic acids is 2. The zero-order valence-corrected chi connectivity index (χ0v) is 21.5. The highest BCUT2D eigenvalue weighted by molar-refractivity contribution is 5.81. The van der Waals surface area contributed by atoms with E-state index in [-0.39, 0.29) is 6.42 Å². The monoisotopic (exact) mass is 454 g/mol. The van der Waals surface area contributed by atoms with Gasteiger partial charge < -0.3 is 10.2 Å². The molecule has 0 aliphatic heterocycles. The molecule has 32 heavy (non-hydrogen) atoms. The van der Waals surface area contributed by atoms with Gasteiger partial charge in [-0.25, -0.2) is 0 Å². The van der Waals surface area contributed by atoms with Crippen LogP contribution in [-0.4, -0.2) is 22.2 Å².